The number of aromatic nitrogens is 1. The van der Waals surface area contributed by atoms with Crippen LogP contribution in [0.1, 0.15) is 5.56 Å². The molecule has 0 aliphatic heterocycles. The van der Waals surface area contributed by atoms with Crippen LogP contribution in [0.3, 0.4) is 0 Å². The molecule has 0 radical (unpaired) electrons. The van der Waals surface area contributed by atoms with Gasteiger partial charge in [0.15, 0.2) is 4.80 Å². The molecule has 1 heterocycles. The Kier molecular flexibility index (Phi) is 5.83. The molecule has 25 heavy (non-hydrogen) atoms. The number of halogens is 1. The van der Waals surface area contributed by atoms with Crippen molar-refractivity contribution in [3.8, 4) is 0 Å². The first kappa shape index (κ1) is 17.6. The van der Waals surface area contributed by atoms with Gasteiger partial charge in [0.05, 0.1) is 16.0 Å². The number of nitrogens with zero attached hydrogens (tertiary/aromatic N) is 2. The van der Waals surface area contributed by atoms with Crippen molar-refractivity contribution in [2.24, 2.45) is 4.99 Å². The number of para-hydroxylation sites is 1. The summed E-state index contributed by atoms with van der Waals surface area (Å²) in [5.74, 6) is 0.517. The molecule has 0 N–H and O–H groups in total. The van der Waals surface area contributed by atoms with Crippen molar-refractivity contribution >= 4 is 39.2 Å². The third-order valence-corrected chi connectivity index (χ3v) is 5.55. The SMILES string of the molecule is C=CCn1c(=NC(=O)CSCc2ccccc2)sc2cccc(F)c21. The fourth-order valence-electron chi connectivity index (χ4n) is 2.44. The first-order valence-corrected chi connectivity index (χ1v) is 9.74. The Labute approximate surface area is 153 Å². The van der Waals surface area contributed by atoms with Crippen LogP contribution >= 0.6 is 23.1 Å². The molecule has 0 spiro atoms. The van der Waals surface area contributed by atoms with Gasteiger partial charge < -0.3 is 4.57 Å². The summed E-state index contributed by atoms with van der Waals surface area (Å²) in [4.78, 5) is 16.9. The third-order valence-electron chi connectivity index (χ3n) is 3.52. The number of fused-ring (bicyclic) bond motifs is 1. The molecule has 3 rings (SSSR count). The van der Waals surface area contributed by atoms with E-state index < -0.39 is 0 Å². The Morgan fingerprint density at radius 2 is 2.04 bits per heavy atom. The van der Waals surface area contributed by atoms with Gasteiger partial charge in [-0.15, -0.1) is 18.3 Å². The zero-order chi connectivity index (χ0) is 17.6. The molecule has 3 nitrogen and oxygen atoms in total. The quantitative estimate of drug-likeness (QED) is 0.602. The molecule has 6 heteroatoms. The number of hydrogen-bond donors (Lipinski definition) is 0. The Morgan fingerprint density at radius 1 is 1.24 bits per heavy atom. The van der Waals surface area contributed by atoms with Gasteiger partial charge in [0.1, 0.15) is 5.82 Å². The monoisotopic (exact) mass is 372 g/mol. The van der Waals surface area contributed by atoms with Crippen LogP contribution in [0.15, 0.2) is 66.2 Å². The molecule has 1 amide bonds. The van der Waals surface area contributed by atoms with Crippen molar-refractivity contribution in [1.82, 2.24) is 4.57 Å². The molecule has 128 valence electrons. The van der Waals surface area contributed by atoms with E-state index in [-0.39, 0.29) is 11.7 Å². The molecule has 0 atom stereocenters. The number of hydrogen-bond acceptors (Lipinski definition) is 3. The molecule has 0 saturated heterocycles. The van der Waals surface area contributed by atoms with Gasteiger partial charge in [0, 0.05) is 12.3 Å². The maximum Gasteiger partial charge on any atom is 0.258 e. The zero-order valence-electron chi connectivity index (χ0n) is 13.5. The van der Waals surface area contributed by atoms with E-state index in [9.17, 15) is 9.18 Å². The number of thioether (sulfide) groups is 1. The Balaban J connectivity index is 1.80. The lowest BCUT2D eigenvalue weighted by atomic mass is 10.2. The molecular formula is C19H17FN2OS2. The highest BCUT2D eigenvalue weighted by Crippen LogP contribution is 2.20. The number of allylic oxidation sites excluding steroid dienone is 1. The fourth-order valence-corrected chi connectivity index (χ4v) is 4.28. The van der Waals surface area contributed by atoms with E-state index in [4.69, 9.17) is 0 Å². The van der Waals surface area contributed by atoms with Crippen molar-refractivity contribution in [3.05, 3.63) is 77.4 Å². The van der Waals surface area contributed by atoms with Crippen molar-refractivity contribution in [3.63, 3.8) is 0 Å². The summed E-state index contributed by atoms with van der Waals surface area (Å²) in [6.07, 6.45) is 1.67. The molecule has 0 fully saturated rings. The Morgan fingerprint density at radius 3 is 2.80 bits per heavy atom. The van der Waals surface area contributed by atoms with Gasteiger partial charge in [0.25, 0.3) is 5.91 Å². The number of carbonyl (C=O) groups excluding carboxylic acids is 1. The smallest absolute Gasteiger partial charge is 0.258 e. The van der Waals surface area contributed by atoms with Crippen molar-refractivity contribution in [1.29, 1.82) is 0 Å². The van der Waals surface area contributed by atoms with Gasteiger partial charge >= 0.3 is 0 Å². The summed E-state index contributed by atoms with van der Waals surface area (Å²) >= 11 is 2.84. The van der Waals surface area contributed by atoms with Crippen molar-refractivity contribution < 1.29 is 9.18 Å². The van der Waals surface area contributed by atoms with Gasteiger partial charge in [-0.25, -0.2) is 4.39 Å². The normalized spacial score (nSPS) is 11.8. The van der Waals surface area contributed by atoms with E-state index in [1.807, 2.05) is 36.4 Å². The van der Waals surface area contributed by atoms with Gasteiger partial charge in [0.2, 0.25) is 0 Å². The Bertz CT molecular complexity index is 960. The summed E-state index contributed by atoms with van der Waals surface area (Å²) in [6.45, 7) is 4.11. The van der Waals surface area contributed by atoms with E-state index in [1.165, 1.54) is 34.7 Å². The minimum absolute atomic E-state index is 0.217. The number of benzene rings is 2. The Hall–Kier alpha value is -2.18. The minimum atomic E-state index is -0.317. The maximum atomic E-state index is 14.1. The predicted octanol–water partition coefficient (Wildman–Crippen LogP) is 4.39. The highest BCUT2D eigenvalue weighted by molar-refractivity contribution is 7.99. The fraction of sp³-hybridized carbons (Fsp3) is 0.158. The zero-order valence-corrected chi connectivity index (χ0v) is 15.2. The first-order valence-electron chi connectivity index (χ1n) is 7.77. The average molecular weight is 372 g/mol. The number of rotatable bonds is 6. The van der Waals surface area contributed by atoms with Crippen LogP contribution in [0, 0.1) is 5.82 Å². The van der Waals surface area contributed by atoms with Crippen molar-refractivity contribution in [2.75, 3.05) is 5.75 Å². The highest BCUT2D eigenvalue weighted by atomic mass is 32.2. The molecule has 2 aromatic carbocycles. The van der Waals surface area contributed by atoms with Crippen LogP contribution in [0.25, 0.3) is 10.2 Å². The second-order valence-corrected chi connectivity index (χ2v) is 7.35. The van der Waals surface area contributed by atoms with Gasteiger partial charge in [-0.05, 0) is 17.7 Å². The number of thiazole rings is 1. The average Bonchev–Trinajstić information content (AvgIpc) is 2.95. The molecule has 0 unspecified atom stereocenters. The first-order chi connectivity index (χ1) is 12.2. The molecule has 0 aliphatic rings. The lowest BCUT2D eigenvalue weighted by Gasteiger charge is -2.02. The minimum Gasteiger partial charge on any atom is -0.310 e. The van der Waals surface area contributed by atoms with Gasteiger partial charge in [-0.2, -0.15) is 4.99 Å². The molecule has 0 aliphatic carbocycles. The highest BCUT2D eigenvalue weighted by Gasteiger charge is 2.11. The van der Waals surface area contributed by atoms with Crippen LogP contribution in [0.4, 0.5) is 4.39 Å². The van der Waals surface area contributed by atoms with Crippen LogP contribution in [-0.4, -0.2) is 16.2 Å². The van der Waals surface area contributed by atoms with E-state index in [1.54, 1.807) is 16.7 Å². The largest absolute Gasteiger partial charge is 0.310 e. The second-order valence-electron chi connectivity index (χ2n) is 5.35. The summed E-state index contributed by atoms with van der Waals surface area (Å²) < 4.78 is 16.6. The predicted molar refractivity (Wildman–Crippen MR) is 103 cm³/mol. The maximum absolute atomic E-state index is 14.1. The summed E-state index contributed by atoms with van der Waals surface area (Å²) in [6, 6.07) is 14.9. The van der Waals surface area contributed by atoms with Crippen LogP contribution in [0.2, 0.25) is 0 Å². The molecule has 3 aromatic rings. The molecule has 0 saturated carbocycles. The van der Waals surface area contributed by atoms with Crippen LogP contribution < -0.4 is 4.80 Å². The second kappa shape index (κ2) is 8.27. The summed E-state index contributed by atoms with van der Waals surface area (Å²) in [5.41, 5.74) is 1.64. The molecule has 1 aromatic heterocycles. The van der Waals surface area contributed by atoms with E-state index in [0.29, 0.717) is 22.6 Å². The lowest BCUT2D eigenvalue weighted by molar-refractivity contribution is -0.115. The lowest BCUT2D eigenvalue weighted by Crippen LogP contribution is -2.17. The molecule has 0 bridgehead atoms. The third kappa shape index (κ3) is 4.27. The van der Waals surface area contributed by atoms with Crippen molar-refractivity contribution in [2.45, 2.75) is 12.3 Å². The van der Waals surface area contributed by atoms with E-state index in [0.717, 1.165) is 10.5 Å². The summed E-state index contributed by atoms with van der Waals surface area (Å²) in [7, 11) is 0. The molecular weight excluding hydrogens is 355 g/mol. The number of carbonyl (C=O) groups is 1. The van der Waals surface area contributed by atoms with E-state index >= 15 is 0 Å². The van der Waals surface area contributed by atoms with Crippen LogP contribution in [-0.2, 0) is 17.1 Å². The van der Waals surface area contributed by atoms with Crippen LogP contribution in [0.5, 0.6) is 0 Å². The topological polar surface area (TPSA) is 34.4 Å². The van der Waals surface area contributed by atoms with Gasteiger partial charge in [-0.1, -0.05) is 53.8 Å². The summed E-state index contributed by atoms with van der Waals surface area (Å²) in [5, 5.41) is 0. The van der Waals surface area contributed by atoms with Gasteiger partial charge in [-0.3, -0.25) is 4.79 Å². The van der Waals surface area contributed by atoms with E-state index in [2.05, 4.69) is 11.6 Å². The standard InChI is InChI=1S/C19H17FN2OS2/c1-2-11-22-18-15(20)9-6-10-16(18)25-19(22)21-17(23)13-24-12-14-7-4-3-5-8-14/h2-10H,1,11-13H2. The number of amides is 1.